The number of thiazole rings is 1. The first-order valence-electron chi connectivity index (χ1n) is 12.4. The Morgan fingerprint density at radius 2 is 1.87 bits per heavy atom. The van der Waals surface area contributed by atoms with E-state index in [-0.39, 0.29) is 17.2 Å². The van der Waals surface area contributed by atoms with Gasteiger partial charge in [0.05, 0.1) is 35.6 Å². The number of carbonyl (C=O) groups excluding carboxylic acids is 1. The van der Waals surface area contributed by atoms with Crippen LogP contribution in [0.4, 0.5) is 5.69 Å². The van der Waals surface area contributed by atoms with Gasteiger partial charge in [-0.3, -0.25) is 14.2 Å². The van der Waals surface area contributed by atoms with E-state index in [9.17, 15) is 14.7 Å². The molecule has 0 aliphatic carbocycles. The Labute approximate surface area is 228 Å². The van der Waals surface area contributed by atoms with Crippen molar-refractivity contribution in [1.29, 1.82) is 0 Å². The molecule has 1 aliphatic heterocycles. The van der Waals surface area contributed by atoms with Crippen LogP contribution in [0.2, 0.25) is 0 Å². The molecule has 0 unspecified atom stereocenters. The molecule has 0 saturated heterocycles. The Balaban J connectivity index is 1.65. The molecule has 1 atom stereocenters. The monoisotopic (exact) mass is 541 g/mol. The van der Waals surface area contributed by atoms with E-state index in [1.54, 1.807) is 41.8 Å². The highest BCUT2D eigenvalue weighted by Gasteiger charge is 2.32. The first kappa shape index (κ1) is 26.0. The maximum absolute atomic E-state index is 13.8. The van der Waals surface area contributed by atoms with E-state index in [2.05, 4.69) is 10.3 Å². The summed E-state index contributed by atoms with van der Waals surface area (Å²) in [6, 6.07) is 20.7. The summed E-state index contributed by atoms with van der Waals surface area (Å²) in [4.78, 5) is 32.7. The summed E-state index contributed by atoms with van der Waals surface area (Å²) in [6.07, 6.45) is 1.73. The lowest BCUT2D eigenvalue weighted by atomic mass is 9.95. The molecule has 0 saturated carbocycles. The molecular formula is C30H27N3O5S. The van der Waals surface area contributed by atoms with Crippen LogP contribution in [0, 0.1) is 0 Å². The van der Waals surface area contributed by atoms with Gasteiger partial charge in [-0.05, 0) is 67.4 Å². The SMILES string of the molecule is CCOc1ccc([C@@H]2C(C(=O)Nc3ccccc3)=C(C)N=c3sc(=Cc4ccc(O)c(OC)c4)c(=O)n32)cc1. The second-order valence-electron chi connectivity index (χ2n) is 8.84. The lowest BCUT2D eigenvalue weighted by Crippen LogP contribution is -2.40. The molecule has 0 spiro atoms. The molecule has 198 valence electrons. The third-order valence-electron chi connectivity index (χ3n) is 6.31. The zero-order chi connectivity index (χ0) is 27.5. The number of ether oxygens (including phenoxy) is 2. The smallest absolute Gasteiger partial charge is 0.271 e. The highest BCUT2D eigenvalue weighted by molar-refractivity contribution is 7.07. The van der Waals surface area contributed by atoms with Crippen LogP contribution in [-0.2, 0) is 4.79 Å². The lowest BCUT2D eigenvalue weighted by Gasteiger charge is -2.25. The van der Waals surface area contributed by atoms with Gasteiger partial charge in [0.2, 0.25) is 0 Å². The predicted octanol–water partition coefficient (Wildman–Crippen LogP) is 3.99. The van der Waals surface area contributed by atoms with E-state index in [0.717, 1.165) is 5.56 Å². The number of aromatic hydroxyl groups is 1. The average Bonchev–Trinajstić information content (AvgIpc) is 3.24. The number of amides is 1. The molecule has 1 aromatic heterocycles. The Morgan fingerprint density at radius 3 is 2.56 bits per heavy atom. The Bertz CT molecular complexity index is 1740. The molecule has 0 fully saturated rings. The Hall–Kier alpha value is -4.63. The van der Waals surface area contributed by atoms with Crippen LogP contribution in [-0.4, -0.2) is 29.3 Å². The van der Waals surface area contributed by atoms with E-state index in [0.29, 0.717) is 50.0 Å². The second-order valence-corrected chi connectivity index (χ2v) is 9.84. The second kappa shape index (κ2) is 11.0. The van der Waals surface area contributed by atoms with Gasteiger partial charge < -0.3 is 19.9 Å². The molecule has 0 radical (unpaired) electrons. The summed E-state index contributed by atoms with van der Waals surface area (Å²) >= 11 is 1.24. The van der Waals surface area contributed by atoms with E-state index >= 15 is 0 Å². The van der Waals surface area contributed by atoms with Crippen molar-refractivity contribution < 1.29 is 19.4 Å². The number of hydrogen-bond donors (Lipinski definition) is 2. The molecule has 39 heavy (non-hydrogen) atoms. The normalized spacial score (nSPS) is 14.9. The standard InChI is InChI=1S/C30H27N3O5S/c1-4-38-22-13-11-20(12-14-22)27-26(28(35)32-21-8-6-5-7-9-21)18(2)31-30-33(27)29(36)25(39-30)17-19-10-15-23(34)24(16-19)37-3/h5-17,27,34H,4H2,1-3H3,(H,32,35)/t27-/m1/s1. The minimum atomic E-state index is -0.697. The largest absolute Gasteiger partial charge is 0.504 e. The number of nitrogens with zero attached hydrogens (tertiary/aromatic N) is 2. The zero-order valence-corrected chi connectivity index (χ0v) is 22.5. The number of allylic oxidation sites excluding steroid dienone is 1. The molecule has 8 nitrogen and oxygen atoms in total. The number of carbonyl (C=O) groups is 1. The summed E-state index contributed by atoms with van der Waals surface area (Å²) in [5.74, 6) is 0.681. The first-order valence-corrected chi connectivity index (χ1v) is 13.2. The van der Waals surface area contributed by atoms with Crippen LogP contribution < -0.4 is 29.7 Å². The molecule has 9 heteroatoms. The fourth-order valence-corrected chi connectivity index (χ4v) is 5.54. The number of anilines is 1. The van der Waals surface area contributed by atoms with Crippen LogP contribution in [0.25, 0.3) is 6.08 Å². The van der Waals surface area contributed by atoms with E-state index < -0.39 is 6.04 Å². The number of hydrogen-bond acceptors (Lipinski definition) is 7. The van der Waals surface area contributed by atoms with Crippen LogP contribution in [0.1, 0.15) is 31.0 Å². The van der Waals surface area contributed by atoms with Gasteiger partial charge in [0.25, 0.3) is 11.5 Å². The number of aromatic nitrogens is 1. The molecule has 3 aromatic carbocycles. The fraction of sp³-hybridized carbons (Fsp3) is 0.167. The van der Waals surface area contributed by atoms with Crippen LogP contribution in [0.15, 0.2) is 93.9 Å². The maximum Gasteiger partial charge on any atom is 0.271 e. The van der Waals surface area contributed by atoms with Gasteiger partial charge in [0, 0.05) is 5.69 Å². The molecule has 2 N–H and O–H groups in total. The zero-order valence-electron chi connectivity index (χ0n) is 21.7. The van der Waals surface area contributed by atoms with Gasteiger partial charge in [0.1, 0.15) is 5.75 Å². The van der Waals surface area contributed by atoms with Crippen LogP contribution in [0.3, 0.4) is 0 Å². The molecule has 0 bridgehead atoms. The summed E-state index contributed by atoms with van der Waals surface area (Å²) < 4.78 is 12.8. The number of fused-ring (bicyclic) bond motifs is 1. The Morgan fingerprint density at radius 1 is 1.13 bits per heavy atom. The minimum absolute atomic E-state index is 0.0105. The number of para-hydroxylation sites is 1. The number of methoxy groups -OCH3 is 1. The highest BCUT2D eigenvalue weighted by atomic mass is 32.1. The number of benzene rings is 3. The van der Waals surface area contributed by atoms with Gasteiger partial charge in [-0.15, -0.1) is 0 Å². The molecule has 5 rings (SSSR count). The summed E-state index contributed by atoms with van der Waals surface area (Å²) in [5, 5.41) is 12.9. The van der Waals surface area contributed by atoms with Crippen molar-refractivity contribution >= 4 is 29.0 Å². The lowest BCUT2D eigenvalue weighted by molar-refractivity contribution is -0.113. The number of nitrogens with one attached hydrogen (secondary N) is 1. The summed E-state index contributed by atoms with van der Waals surface area (Å²) in [7, 11) is 1.47. The third-order valence-corrected chi connectivity index (χ3v) is 7.29. The Kier molecular flexibility index (Phi) is 7.33. The first-order chi connectivity index (χ1) is 18.9. The average molecular weight is 542 g/mol. The van der Waals surface area contributed by atoms with Crippen molar-refractivity contribution in [2.45, 2.75) is 19.9 Å². The van der Waals surface area contributed by atoms with Crippen molar-refractivity contribution in [3.8, 4) is 17.2 Å². The summed E-state index contributed by atoms with van der Waals surface area (Å²) in [5.41, 5.74) is 2.72. The number of rotatable bonds is 7. The number of phenolic OH excluding ortho intramolecular Hbond substituents is 1. The topological polar surface area (TPSA) is 102 Å². The highest BCUT2D eigenvalue weighted by Crippen LogP contribution is 2.32. The predicted molar refractivity (Wildman–Crippen MR) is 151 cm³/mol. The van der Waals surface area contributed by atoms with Gasteiger partial charge >= 0.3 is 0 Å². The van der Waals surface area contributed by atoms with Crippen LogP contribution in [0.5, 0.6) is 17.2 Å². The molecule has 4 aromatic rings. The van der Waals surface area contributed by atoms with Crippen LogP contribution >= 0.6 is 11.3 Å². The van der Waals surface area contributed by atoms with Crippen molar-refractivity contribution in [2.24, 2.45) is 4.99 Å². The van der Waals surface area contributed by atoms with Crippen molar-refractivity contribution in [3.63, 3.8) is 0 Å². The van der Waals surface area contributed by atoms with Gasteiger partial charge in [-0.25, -0.2) is 4.99 Å². The van der Waals surface area contributed by atoms with E-state index in [1.807, 2.05) is 49.4 Å². The molecule has 1 aliphatic rings. The molecule has 2 heterocycles. The maximum atomic E-state index is 13.8. The van der Waals surface area contributed by atoms with Gasteiger partial charge in [0.15, 0.2) is 16.3 Å². The van der Waals surface area contributed by atoms with E-state index in [1.165, 1.54) is 24.5 Å². The summed E-state index contributed by atoms with van der Waals surface area (Å²) in [6.45, 7) is 4.22. The van der Waals surface area contributed by atoms with E-state index in [4.69, 9.17) is 9.47 Å². The number of phenols is 1. The van der Waals surface area contributed by atoms with Crippen molar-refractivity contribution in [1.82, 2.24) is 4.57 Å². The molecule has 1 amide bonds. The van der Waals surface area contributed by atoms with Gasteiger partial charge in [-0.2, -0.15) is 0 Å². The van der Waals surface area contributed by atoms with Crippen molar-refractivity contribution in [2.75, 3.05) is 19.0 Å². The quantitative estimate of drug-likeness (QED) is 0.369. The minimum Gasteiger partial charge on any atom is -0.504 e. The molecular weight excluding hydrogens is 514 g/mol. The van der Waals surface area contributed by atoms with Gasteiger partial charge in [-0.1, -0.05) is 47.7 Å². The van der Waals surface area contributed by atoms with Crippen molar-refractivity contribution in [3.05, 3.63) is 115 Å². The fourth-order valence-electron chi connectivity index (χ4n) is 4.50. The third kappa shape index (κ3) is 5.21.